The summed E-state index contributed by atoms with van der Waals surface area (Å²) < 4.78 is 2.07. The fourth-order valence-corrected chi connectivity index (χ4v) is 2.12. The predicted octanol–water partition coefficient (Wildman–Crippen LogP) is 3.19. The highest BCUT2D eigenvalue weighted by Crippen LogP contribution is 2.18. The van der Waals surface area contributed by atoms with Crippen molar-refractivity contribution in [3.05, 3.63) is 64.7 Å². The molecule has 0 amide bonds. The van der Waals surface area contributed by atoms with Crippen LogP contribution in [0.15, 0.2) is 53.9 Å². The first-order valence-electron chi connectivity index (χ1n) is 6.43. The third kappa shape index (κ3) is 2.95. The van der Waals surface area contributed by atoms with Crippen molar-refractivity contribution < 1.29 is 0 Å². The Morgan fingerprint density at radius 1 is 1.24 bits per heavy atom. The number of hydrogen-bond acceptors (Lipinski definition) is 4. The molecule has 5 nitrogen and oxygen atoms in total. The van der Waals surface area contributed by atoms with Crippen LogP contribution in [0, 0.1) is 11.7 Å². The van der Waals surface area contributed by atoms with Crippen LogP contribution in [0.25, 0.3) is 11.4 Å². The van der Waals surface area contributed by atoms with Crippen LogP contribution in [0.1, 0.15) is 11.1 Å². The maximum absolute atomic E-state index is 5.24. The number of benzene rings is 1. The number of aromatic nitrogens is 4. The Labute approximate surface area is 127 Å². The van der Waals surface area contributed by atoms with Crippen molar-refractivity contribution in [2.45, 2.75) is 6.92 Å². The van der Waals surface area contributed by atoms with Crippen LogP contribution >= 0.6 is 12.2 Å². The molecule has 3 aromatic rings. The van der Waals surface area contributed by atoms with Crippen molar-refractivity contribution >= 4 is 18.4 Å². The van der Waals surface area contributed by atoms with Crippen molar-refractivity contribution in [2.24, 2.45) is 5.10 Å². The largest absolute Gasteiger partial charge is 0.265 e. The smallest absolute Gasteiger partial charge is 0.216 e. The quantitative estimate of drug-likeness (QED) is 0.596. The Morgan fingerprint density at radius 3 is 2.81 bits per heavy atom. The van der Waals surface area contributed by atoms with Gasteiger partial charge in [-0.1, -0.05) is 23.8 Å². The van der Waals surface area contributed by atoms with E-state index in [1.54, 1.807) is 23.3 Å². The number of H-pyrrole nitrogens is 1. The van der Waals surface area contributed by atoms with Crippen LogP contribution < -0.4 is 0 Å². The number of aryl methyl sites for hydroxylation is 1. The predicted molar refractivity (Wildman–Crippen MR) is 84.8 cm³/mol. The van der Waals surface area contributed by atoms with Gasteiger partial charge in [0.15, 0.2) is 5.82 Å². The van der Waals surface area contributed by atoms with E-state index in [2.05, 4.69) is 20.3 Å². The number of nitrogens with one attached hydrogen (secondary N) is 1. The Balaban J connectivity index is 2.02. The summed E-state index contributed by atoms with van der Waals surface area (Å²) in [5, 5.41) is 11.4. The molecule has 6 heteroatoms. The number of hydrogen-bond donors (Lipinski definition) is 1. The molecule has 0 atom stereocenters. The van der Waals surface area contributed by atoms with E-state index in [1.807, 2.05) is 43.3 Å². The van der Waals surface area contributed by atoms with Gasteiger partial charge in [0, 0.05) is 18.0 Å². The summed E-state index contributed by atoms with van der Waals surface area (Å²) >= 11 is 5.24. The molecule has 2 aromatic heterocycles. The molecule has 1 aromatic carbocycles. The summed E-state index contributed by atoms with van der Waals surface area (Å²) in [6.45, 7) is 2.04. The van der Waals surface area contributed by atoms with Gasteiger partial charge in [-0.15, -0.1) is 0 Å². The molecule has 0 fully saturated rings. The summed E-state index contributed by atoms with van der Waals surface area (Å²) in [5.74, 6) is 0.689. The maximum Gasteiger partial charge on any atom is 0.216 e. The number of nitrogens with zero attached hydrogens (tertiary/aromatic N) is 4. The Kier molecular flexibility index (Phi) is 3.70. The first-order chi connectivity index (χ1) is 10.2. The van der Waals surface area contributed by atoms with E-state index in [0.717, 1.165) is 16.7 Å². The van der Waals surface area contributed by atoms with E-state index >= 15 is 0 Å². The van der Waals surface area contributed by atoms with E-state index in [-0.39, 0.29) is 0 Å². The summed E-state index contributed by atoms with van der Waals surface area (Å²) in [6, 6.07) is 11.8. The molecule has 0 aliphatic carbocycles. The normalized spacial score (nSPS) is 11.1. The van der Waals surface area contributed by atoms with Crippen molar-refractivity contribution in [2.75, 3.05) is 0 Å². The molecule has 0 bridgehead atoms. The Morgan fingerprint density at radius 2 is 2.05 bits per heavy atom. The average Bonchev–Trinajstić information content (AvgIpc) is 2.87. The number of rotatable bonds is 3. The second-order valence-corrected chi connectivity index (χ2v) is 4.95. The fourth-order valence-electron chi connectivity index (χ4n) is 1.94. The van der Waals surface area contributed by atoms with Gasteiger partial charge in [-0.3, -0.25) is 4.98 Å². The van der Waals surface area contributed by atoms with E-state index in [1.165, 1.54) is 0 Å². The van der Waals surface area contributed by atoms with Crippen LogP contribution in [-0.2, 0) is 0 Å². The zero-order valence-corrected chi connectivity index (χ0v) is 12.2. The monoisotopic (exact) mass is 295 g/mol. The summed E-state index contributed by atoms with van der Waals surface area (Å²) in [5.41, 5.74) is 3.07. The molecule has 3 rings (SSSR count). The molecule has 0 unspecified atom stereocenters. The molecular formula is C15H13N5S. The lowest BCUT2D eigenvalue weighted by atomic mass is 10.1. The van der Waals surface area contributed by atoms with Crippen molar-refractivity contribution in [1.29, 1.82) is 0 Å². The van der Waals surface area contributed by atoms with Gasteiger partial charge >= 0.3 is 0 Å². The molecule has 0 saturated heterocycles. The summed E-state index contributed by atoms with van der Waals surface area (Å²) in [6.07, 6.45) is 5.17. The molecule has 21 heavy (non-hydrogen) atoms. The maximum atomic E-state index is 5.24. The zero-order chi connectivity index (χ0) is 14.7. The highest BCUT2D eigenvalue weighted by Gasteiger charge is 2.07. The molecule has 0 saturated carbocycles. The van der Waals surface area contributed by atoms with Crippen molar-refractivity contribution in [3.8, 4) is 11.4 Å². The molecule has 2 heterocycles. The van der Waals surface area contributed by atoms with Gasteiger partial charge in [-0.2, -0.15) is 14.9 Å². The minimum atomic E-state index is 0.455. The van der Waals surface area contributed by atoms with E-state index in [9.17, 15) is 0 Å². The highest BCUT2D eigenvalue weighted by molar-refractivity contribution is 7.71. The lowest BCUT2D eigenvalue weighted by molar-refractivity contribution is 0.871. The first kappa shape index (κ1) is 13.4. The topological polar surface area (TPSA) is 58.9 Å². The SMILES string of the molecule is Cc1cccc(-c2n[nH]c(=S)n2/N=C\c2ccncc2)c1. The molecule has 104 valence electrons. The number of pyridine rings is 1. The van der Waals surface area contributed by atoms with Gasteiger partial charge < -0.3 is 0 Å². The van der Waals surface area contributed by atoms with E-state index in [0.29, 0.717) is 10.6 Å². The second kappa shape index (κ2) is 5.80. The molecule has 0 radical (unpaired) electrons. The van der Waals surface area contributed by atoms with Crippen molar-refractivity contribution in [3.63, 3.8) is 0 Å². The summed E-state index contributed by atoms with van der Waals surface area (Å²) in [4.78, 5) is 3.98. The lowest BCUT2D eigenvalue weighted by Crippen LogP contribution is -1.95. The highest BCUT2D eigenvalue weighted by atomic mass is 32.1. The fraction of sp³-hybridized carbons (Fsp3) is 0.0667. The Bertz CT molecular complexity index is 833. The van der Waals surface area contributed by atoms with Crippen molar-refractivity contribution in [1.82, 2.24) is 19.9 Å². The van der Waals surface area contributed by atoms with Crippen LogP contribution in [0.5, 0.6) is 0 Å². The minimum Gasteiger partial charge on any atom is -0.265 e. The van der Waals surface area contributed by atoms with E-state index in [4.69, 9.17) is 12.2 Å². The van der Waals surface area contributed by atoms with E-state index < -0.39 is 0 Å². The van der Waals surface area contributed by atoms with Gasteiger partial charge in [0.25, 0.3) is 0 Å². The van der Waals surface area contributed by atoms with Gasteiger partial charge in [0.1, 0.15) is 0 Å². The van der Waals surface area contributed by atoms with Crippen LogP contribution in [0.4, 0.5) is 0 Å². The third-order valence-electron chi connectivity index (χ3n) is 2.96. The molecule has 0 aliphatic rings. The average molecular weight is 295 g/mol. The molecule has 0 spiro atoms. The van der Waals surface area contributed by atoms with Crippen LogP contribution in [-0.4, -0.2) is 26.1 Å². The first-order valence-corrected chi connectivity index (χ1v) is 6.84. The van der Waals surface area contributed by atoms with Gasteiger partial charge in [-0.05, 0) is 42.9 Å². The molecule has 1 N–H and O–H groups in total. The second-order valence-electron chi connectivity index (χ2n) is 4.56. The molecular weight excluding hydrogens is 282 g/mol. The van der Waals surface area contributed by atoms with Crippen LogP contribution in [0.2, 0.25) is 0 Å². The van der Waals surface area contributed by atoms with Crippen LogP contribution in [0.3, 0.4) is 0 Å². The summed E-state index contributed by atoms with van der Waals surface area (Å²) in [7, 11) is 0. The standard InChI is InChI=1S/C15H13N5S/c1-11-3-2-4-13(9-11)14-18-19-15(21)20(14)17-10-12-5-7-16-8-6-12/h2-10H,1H3,(H,19,21)/b17-10-. The lowest BCUT2D eigenvalue weighted by Gasteiger charge is -2.02. The minimum absolute atomic E-state index is 0.455. The number of aromatic amines is 1. The van der Waals surface area contributed by atoms with Gasteiger partial charge in [0.2, 0.25) is 4.77 Å². The van der Waals surface area contributed by atoms with Gasteiger partial charge in [0.05, 0.1) is 6.21 Å². The zero-order valence-electron chi connectivity index (χ0n) is 11.4. The Hall–Kier alpha value is -2.60. The van der Waals surface area contributed by atoms with Gasteiger partial charge in [-0.25, -0.2) is 5.10 Å². The third-order valence-corrected chi connectivity index (χ3v) is 3.22. The molecule has 0 aliphatic heterocycles.